The van der Waals surface area contributed by atoms with Crippen molar-refractivity contribution in [2.75, 3.05) is 5.75 Å². The van der Waals surface area contributed by atoms with E-state index in [2.05, 4.69) is 5.10 Å². The summed E-state index contributed by atoms with van der Waals surface area (Å²) in [6.07, 6.45) is 1.66. The SMILES string of the molecule is CCS(=O)(=O)O[n+]1c(-c2ccccc2)c(=O)[nH][n+]2ccc3ccccc3c12. The van der Waals surface area contributed by atoms with Crippen LogP contribution in [0.3, 0.4) is 0 Å². The smallest absolute Gasteiger partial charge is 0.256 e. The first-order valence-corrected chi connectivity index (χ1v) is 9.97. The quantitative estimate of drug-likeness (QED) is 0.421. The fourth-order valence-electron chi connectivity index (χ4n) is 2.94. The lowest BCUT2D eigenvalue weighted by molar-refractivity contribution is -0.865. The third-order valence-corrected chi connectivity index (χ3v) is 5.34. The molecule has 2 heterocycles. The summed E-state index contributed by atoms with van der Waals surface area (Å²) in [5.41, 5.74) is 0.577. The van der Waals surface area contributed by atoms with Crippen molar-refractivity contribution >= 4 is 26.5 Å². The van der Waals surface area contributed by atoms with Gasteiger partial charge in [-0.25, -0.2) is 0 Å². The Bertz CT molecular complexity index is 1320. The van der Waals surface area contributed by atoms with Crippen LogP contribution in [0.4, 0.5) is 0 Å². The molecule has 0 atom stereocenters. The van der Waals surface area contributed by atoms with Gasteiger partial charge in [0.05, 0.1) is 11.3 Å². The molecule has 8 heteroatoms. The van der Waals surface area contributed by atoms with E-state index in [1.54, 1.807) is 30.5 Å². The van der Waals surface area contributed by atoms with Crippen molar-refractivity contribution in [3.63, 3.8) is 0 Å². The lowest BCUT2D eigenvalue weighted by Crippen LogP contribution is -2.58. The van der Waals surface area contributed by atoms with E-state index in [0.717, 1.165) is 15.5 Å². The predicted octanol–water partition coefficient (Wildman–Crippen LogP) is 1.000. The molecule has 1 N–H and O–H groups in total. The van der Waals surface area contributed by atoms with E-state index >= 15 is 0 Å². The molecule has 0 unspecified atom stereocenters. The molecule has 0 aliphatic carbocycles. The first-order valence-electron chi connectivity index (χ1n) is 8.40. The number of nitrogens with zero attached hydrogens (tertiary/aromatic N) is 2. The van der Waals surface area contributed by atoms with Crippen molar-refractivity contribution in [2.45, 2.75) is 6.92 Å². The van der Waals surface area contributed by atoms with Crippen LogP contribution in [0.25, 0.3) is 27.7 Å². The molecule has 0 aliphatic heterocycles. The third-order valence-electron chi connectivity index (χ3n) is 4.25. The average Bonchev–Trinajstić information content (AvgIpc) is 2.68. The van der Waals surface area contributed by atoms with Crippen LogP contribution in [-0.4, -0.2) is 19.3 Å². The molecular formula is C19H17N3O4S+2. The van der Waals surface area contributed by atoms with Crippen LogP contribution >= 0.6 is 0 Å². The van der Waals surface area contributed by atoms with Crippen LogP contribution in [0.15, 0.2) is 71.7 Å². The van der Waals surface area contributed by atoms with E-state index in [0.29, 0.717) is 11.2 Å². The molecule has 0 amide bonds. The number of pyridine rings is 1. The second-order valence-electron chi connectivity index (χ2n) is 5.97. The van der Waals surface area contributed by atoms with Crippen LogP contribution in [0, 0.1) is 0 Å². The van der Waals surface area contributed by atoms with E-state index in [1.165, 1.54) is 11.4 Å². The molecule has 136 valence electrons. The van der Waals surface area contributed by atoms with Crippen molar-refractivity contribution < 1.29 is 21.9 Å². The highest BCUT2D eigenvalue weighted by molar-refractivity contribution is 7.86. The molecular weight excluding hydrogens is 366 g/mol. The summed E-state index contributed by atoms with van der Waals surface area (Å²) in [6, 6.07) is 18.1. The highest BCUT2D eigenvalue weighted by Gasteiger charge is 2.36. The number of fused-ring (bicyclic) bond motifs is 3. The van der Waals surface area contributed by atoms with Gasteiger partial charge in [0.1, 0.15) is 10.1 Å². The average molecular weight is 383 g/mol. The van der Waals surface area contributed by atoms with E-state index in [4.69, 9.17) is 4.28 Å². The minimum Gasteiger partial charge on any atom is -0.256 e. The Balaban J connectivity index is 2.20. The van der Waals surface area contributed by atoms with Crippen molar-refractivity contribution in [3.05, 3.63) is 77.2 Å². The molecule has 7 nitrogen and oxygen atoms in total. The van der Waals surface area contributed by atoms with Gasteiger partial charge >= 0.3 is 27.0 Å². The number of hydrogen-bond acceptors (Lipinski definition) is 4. The molecule has 4 rings (SSSR count). The lowest BCUT2D eigenvalue weighted by Gasteiger charge is -2.03. The Morgan fingerprint density at radius 1 is 1.00 bits per heavy atom. The van der Waals surface area contributed by atoms with Crippen molar-refractivity contribution in [2.24, 2.45) is 0 Å². The van der Waals surface area contributed by atoms with E-state index in [1.807, 2.05) is 36.4 Å². The van der Waals surface area contributed by atoms with Gasteiger partial charge in [-0.3, -0.25) is 4.79 Å². The van der Waals surface area contributed by atoms with Crippen molar-refractivity contribution in [1.29, 1.82) is 0 Å². The molecule has 0 saturated carbocycles. The van der Waals surface area contributed by atoms with E-state index in [9.17, 15) is 13.2 Å². The number of benzene rings is 2. The maximum Gasteiger partial charge on any atom is 0.530 e. The molecule has 0 spiro atoms. The maximum absolute atomic E-state index is 12.8. The van der Waals surface area contributed by atoms with Gasteiger partial charge in [0.2, 0.25) is 6.20 Å². The first-order chi connectivity index (χ1) is 13.0. The molecule has 2 aromatic carbocycles. The highest BCUT2D eigenvalue weighted by Crippen LogP contribution is 2.16. The van der Waals surface area contributed by atoms with Gasteiger partial charge in [0.25, 0.3) is 0 Å². The Kier molecular flexibility index (Phi) is 4.12. The van der Waals surface area contributed by atoms with Crippen LogP contribution in [0.2, 0.25) is 0 Å². The zero-order chi connectivity index (χ0) is 19.0. The number of aromatic nitrogens is 3. The first kappa shape index (κ1) is 17.2. The fraction of sp³-hybridized carbons (Fsp3) is 0.105. The summed E-state index contributed by atoms with van der Waals surface area (Å²) >= 11 is 0. The van der Waals surface area contributed by atoms with Crippen LogP contribution in [-0.2, 0) is 10.1 Å². The normalized spacial score (nSPS) is 11.7. The molecule has 2 aromatic heterocycles. The highest BCUT2D eigenvalue weighted by atomic mass is 32.2. The summed E-state index contributed by atoms with van der Waals surface area (Å²) in [5.74, 6) is -0.224. The monoisotopic (exact) mass is 383 g/mol. The van der Waals surface area contributed by atoms with Gasteiger partial charge in [-0.05, 0) is 29.6 Å². The predicted molar refractivity (Wildman–Crippen MR) is 99.4 cm³/mol. The van der Waals surface area contributed by atoms with Gasteiger partial charge < -0.3 is 0 Å². The van der Waals surface area contributed by atoms with Crippen LogP contribution < -0.4 is 19.1 Å². The third kappa shape index (κ3) is 3.04. The zero-order valence-electron chi connectivity index (χ0n) is 14.5. The van der Waals surface area contributed by atoms with Crippen molar-refractivity contribution in [3.8, 4) is 11.3 Å². The number of aromatic amines is 1. The van der Waals surface area contributed by atoms with E-state index in [-0.39, 0.29) is 11.4 Å². The topological polar surface area (TPSA) is 84.2 Å². The lowest BCUT2D eigenvalue weighted by atomic mass is 10.1. The van der Waals surface area contributed by atoms with Gasteiger partial charge in [0, 0.05) is 11.5 Å². The second kappa shape index (κ2) is 6.48. The standard InChI is InChI=1S/C19H16N3O4S/c1-2-27(24,25)26-22-17(15-9-4-3-5-10-15)18(23)20-21-13-12-14-8-6-7-11-16(14)19(21)22/h3-13H,2H2,1H3/q+1/p+1. The zero-order valence-corrected chi connectivity index (χ0v) is 15.3. The minimum atomic E-state index is -3.88. The molecule has 0 bridgehead atoms. The van der Waals surface area contributed by atoms with Crippen LogP contribution in [0.5, 0.6) is 0 Å². The van der Waals surface area contributed by atoms with Gasteiger partial charge in [-0.1, -0.05) is 36.4 Å². The maximum atomic E-state index is 12.8. The molecule has 27 heavy (non-hydrogen) atoms. The summed E-state index contributed by atoms with van der Waals surface area (Å²) in [7, 11) is -3.88. The molecule has 0 aliphatic rings. The Morgan fingerprint density at radius 2 is 1.70 bits per heavy atom. The fourth-order valence-corrected chi connectivity index (χ4v) is 3.42. The summed E-state index contributed by atoms with van der Waals surface area (Å²) in [5, 5.41) is 4.38. The van der Waals surface area contributed by atoms with Gasteiger partial charge in [-0.15, -0.1) is 9.38 Å². The van der Waals surface area contributed by atoms with Gasteiger partial charge in [-0.2, -0.15) is 8.42 Å². The summed E-state index contributed by atoms with van der Waals surface area (Å²) < 4.78 is 32.5. The number of rotatable bonds is 4. The molecule has 0 fully saturated rings. The molecule has 0 radical (unpaired) electrons. The summed E-state index contributed by atoms with van der Waals surface area (Å²) in [4.78, 5) is 12.8. The number of nitrogens with one attached hydrogen (secondary N) is 1. The summed E-state index contributed by atoms with van der Waals surface area (Å²) in [6.45, 7) is 1.48. The number of H-pyrrole nitrogens is 1. The minimum absolute atomic E-state index is 0.101. The molecule has 0 saturated heterocycles. The van der Waals surface area contributed by atoms with Gasteiger partial charge in [0.15, 0.2) is 0 Å². The Morgan fingerprint density at radius 3 is 2.44 bits per heavy atom. The Labute approximate surface area is 155 Å². The molecule has 4 aromatic rings. The number of hydrogen-bond donors (Lipinski definition) is 1. The largest absolute Gasteiger partial charge is 0.530 e. The second-order valence-corrected chi connectivity index (χ2v) is 7.81. The Hall–Kier alpha value is -3.26. The van der Waals surface area contributed by atoms with Crippen LogP contribution in [0.1, 0.15) is 6.92 Å². The van der Waals surface area contributed by atoms with Crippen molar-refractivity contribution in [1.82, 2.24) is 5.10 Å². The van der Waals surface area contributed by atoms with E-state index < -0.39 is 15.7 Å².